The second kappa shape index (κ2) is 8.79. The molecule has 0 fully saturated rings. The van der Waals surface area contributed by atoms with Gasteiger partial charge in [0.05, 0.1) is 26.3 Å². The molecule has 0 aliphatic heterocycles. The van der Waals surface area contributed by atoms with Crippen LogP contribution in [0.25, 0.3) is 21.9 Å². The second-order valence-corrected chi connectivity index (χ2v) is 6.84. The van der Waals surface area contributed by atoms with Crippen LogP contribution in [-0.4, -0.2) is 32.7 Å². The summed E-state index contributed by atoms with van der Waals surface area (Å²) < 4.78 is 21.6. The largest absolute Gasteiger partial charge is 0.496 e. The Morgan fingerprint density at radius 1 is 0.871 bits per heavy atom. The maximum absolute atomic E-state index is 12.4. The number of hydrogen-bond donors (Lipinski definition) is 1. The fourth-order valence-corrected chi connectivity index (χ4v) is 3.41. The van der Waals surface area contributed by atoms with Crippen molar-refractivity contribution in [3.63, 3.8) is 0 Å². The monoisotopic (exact) mass is 419 g/mol. The Labute approximate surface area is 178 Å². The Kier molecular flexibility index (Phi) is 5.75. The van der Waals surface area contributed by atoms with E-state index in [1.807, 2.05) is 36.4 Å². The molecule has 158 valence electrons. The zero-order valence-electron chi connectivity index (χ0n) is 17.1. The molecule has 0 saturated heterocycles. The molecule has 0 saturated carbocycles. The van der Waals surface area contributed by atoms with Crippen LogP contribution in [0.3, 0.4) is 0 Å². The first-order chi connectivity index (χ1) is 15.1. The number of carbonyl (C=O) groups excluding carboxylic acids is 2. The molecule has 3 aromatic carbocycles. The van der Waals surface area contributed by atoms with Crippen LogP contribution in [-0.2, 0) is 20.7 Å². The van der Waals surface area contributed by atoms with Gasteiger partial charge in [-0.3, -0.25) is 9.59 Å². The molecular formula is C24H21NO6. The number of methoxy groups -OCH3 is 2. The van der Waals surface area contributed by atoms with Crippen LogP contribution in [0.5, 0.6) is 11.5 Å². The van der Waals surface area contributed by atoms with E-state index in [-0.39, 0.29) is 6.42 Å². The summed E-state index contributed by atoms with van der Waals surface area (Å²) in [6, 6.07) is 18.3. The highest BCUT2D eigenvalue weighted by Crippen LogP contribution is 2.36. The number of hydrogen-bond acceptors (Lipinski definition) is 6. The molecule has 4 rings (SSSR count). The highest BCUT2D eigenvalue weighted by atomic mass is 16.5. The SMILES string of the molecule is COc1ccccc1CC(=O)OCC(=O)Nc1cc2oc3ccccc3c2cc1OC. The number of anilines is 1. The standard InChI is InChI=1S/C24H21NO6/c1-28-19-9-5-3-7-15(19)11-24(27)30-14-23(26)25-18-13-21-17(12-22(18)29-2)16-8-4-6-10-20(16)31-21/h3-10,12-13H,11,14H2,1-2H3,(H,25,26). The Hall–Kier alpha value is -4.00. The summed E-state index contributed by atoms with van der Waals surface area (Å²) in [5.74, 6) is 0.0574. The number of amides is 1. The molecule has 31 heavy (non-hydrogen) atoms. The van der Waals surface area contributed by atoms with E-state index in [9.17, 15) is 9.59 Å². The van der Waals surface area contributed by atoms with Gasteiger partial charge in [0.1, 0.15) is 22.7 Å². The third kappa shape index (κ3) is 4.30. The van der Waals surface area contributed by atoms with E-state index in [1.54, 1.807) is 24.3 Å². The summed E-state index contributed by atoms with van der Waals surface area (Å²) in [7, 11) is 3.05. The van der Waals surface area contributed by atoms with Crippen molar-refractivity contribution in [3.05, 3.63) is 66.2 Å². The topological polar surface area (TPSA) is 87.0 Å². The van der Waals surface area contributed by atoms with Crippen LogP contribution < -0.4 is 14.8 Å². The van der Waals surface area contributed by atoms with Crippen molar-refractivity contribution in [3.8, 4) is 11.5 Å². The zero-order valence-corrected chi connectivity index (χ0v) is 17.1. The number of fused-ring (bicyclic) bond motifs is 3. The van der Waals surface area contributed by atoms with E-state index in [2.05, 4.69) is 5.32 Å². The Balaban J connectivity index is 1.44. The minimum atomic E-state index is -0.528. The number of para-hydroxylation sites is 2. The maximum Gasteiger partial charge on any atom is 0.310 e. The number of rotatable bonds is 7. The normalized spacial score (nSPS) is 10.8. The molecule has 7 heteroatoms. The Morgan fingerprint density at radius 2 is 1.61 bits per heavy atom. The van der Waals surface area contributed by atoms with Crippen LogP contribution in [0, 0.1) is 0 Å². The summed E-state index contributed by atoms with van der Waals surface area (Å²) in [6.45, 7) is -0.421. The van der Waals surface area contributed by atoms with Gasteiger partial charge >= 0.3 is 5.97 Å². The predicted octanol–water partition coefficient (Wildman–Crippen LogP) is 4.33. The van der Waals surface area contributed by atoms with Crippen molar-refractivity contribution in [2.24, 2.45) is 0 Å². The van der Waals surface area contributed by atoms with Gasteiger partial charge in [0.15, 0.2) is 6.61 Å². The van der Waals surface area contributed by atoms with Gasteiger partial charge in [-0.25, -0.2) is 0 Å². The van der Waals surface area contributed by atoms with E-state index in [1.165, 1.54) is 14.2 Å². The van der Waals surface area contributed by atoms with Crippen molar-refractivity contribution in [1.82, 2.24) is 0 Å². The van der Waals surface area contributed by atoms with E-state index in [0.717, 1.165) is 16.4 Å². The van der Waals surface area contributed by atoms with Crippen LogP contribution in [0.2, 0.25) is 0 Å². The second-order valence-electron chi connectivity index (χ2n) is 6.84. The predicted molar refractivity (Wildman–Crippen MR) is 117 cm³/mol. The lowest BCUT2D eigenvalue weighted by Crippen LogP contribution is -2.22. The van der Waals surface area contributed by atoms with Crippen LogP contribution in [0.4, 0.5) is 5.69 Å². The van der Waals surface area contributed by atoms with Gasteiger partial charge in [-0.05, 0) is 18.2 Å². The summed E-state index contributed by atoms with van der Waals surface area (Å²) in [6.07, 6.45) is 0.00551. The number of benzene rings is 3. The van der Waals surface area contributed by atoms with Gasteiger partial charge in [0.25, 0.3) is 5.91 Å². The van der Waals surface area contributed by atoms with E-state index in [0.29, 0.717) is 28.3 Å². The molecule has 7 nitrogen and oxygen atoms in total. The Bertz CT molecular complexity index is 1260. The van der Waals surface area contributed by atoms with Gasteiger partial charge in [0, 0.05) is 22.4 Å². The molecule has 0 atom stereocenters. The van der Waals surface area contributed by atoms with Crippen molar-refractivity contribution in [2.75, 3.05) is 26.1 Å². The van der Waals surface area contributed by atoms with Crippen LogP contribution >= 0.6 is 0 Å². The minimum absolute atomic E-state index is 0.00551. The first-order valence-electron chi connectivity index (χ1n) is 9.65. The molecule has 0 radical (unpaired) electrons. The van der Waals surface area contributed by atoms with E-state index in [4.69, 9.17) is 18.6 Å². The van der Waals surface area contributed by atoms with E-state index < -0.39 is 18.5 Å². The molecule has 1 N–H and O–H groups in total. The number of furan rings is 1. The van der Waals surface area contributed by atoms with Crippen molar-refractivity contribution in [1.29, 1.82) is 0 Å². The Morgan fingerprint density at radius 3 is 2.42 bits per heavy atom. The van der Waals surface area contributed by atoms with Gasteiger partial charge < -0.3 is 23.9 Å². The molecular weight excluding hydrogens is 398 g/mol. The average molecular weight is 419 g/mol. The molecule has 0 unspecified atom stereocenters. The highest BCUT2D eigenvalue weighted by molar-refractivity contribution is 6.07. The van der Waals surface area contributed by atoms with Gasteiger partial charge in [-0.15, -0.1) is 0 Å². The zero-order chi connectivity index (χ0) is 21.8. The molecule has 0 aliphatic rings. The lowest BCUT2D eigenvalue weighted by Gasteiger charge is -2.11. The summed E-state index contributed by atoms with van der Waals surface area (Å²) in [4.78, 5) is 24.5. The number of nitrogens with one attached hydrogen (secondary N) is 1. The molecule has 1 amide bonds. The summed E-state index contributed by atoms with van der Waals surface area (Å²) in [5.41, 5.74) is 2.48. The van der Waals surface area contributed by atoms with Gasteiger partial charge in [0.2, 0.25) is 0 Å². The van der Waals surface area contributed by atoms with Crippen molar-refractivity contribution < 1.29 is 28.2 Å². The molecule has 0 aliphatic carbocycles. The molecule has 0 bridgehead atoms. The van der Waals surface area contributed by atoms with Crippen LogP contribution in [0.15, 0.2) is 65.1 Å². The summed E-state index contributed by atoms with van der Waals surface area (Å²) in [5, 5.41) is 4.55. The number of carbonyl (C=O) groups is 2. The first kappa shape index (κ1) is 20.3. The van der Waals surface area contributed by atoms with E-state index >= 15 is 0 Å². The highest BCUT2D eigenvalue weighted by Gasteiger charge is 2.16. The van der Waals surface area contributed by atoms with Crippen molar-refractivity contribution in [2.45, 2.75) is 6.42 Å². The van der Waals surface area contributed by atoms with Crippen molar-refractivity contribution >= 4 is 39.5 Å². The van der Waals surface area contributed by atoms with Crippen LogP contribution in [0.1, 0.15) is 5.56 Å². The quantitative estimate of drug-likeness (QED) is 0.449. The first-order valence-corrected chi connectivity index (χ1v) is 9.65. The fraction of sp³-hybridized carbons (Fsp3) is 0.167. The fourth-order valence-electron chi connectivity index (χ4n) is 3.41. The molecule has 1 aromatic heterocycles. The van der Waals surface area contributed by atoms with Gasteiger partial charge in [-0.1, -0.05) is 36.4 Å². The maximum atomic E-state index is 12.4. The molecule has 0 spiro atoms. The lowest BCUT2D eigenvalue weighted by atomic mass is 10.1. The number of ether oxygens (including phenoxy) is 3. The third-order valence-electron chi connectivity index (χ3n) is 4.86. The third-order valence-corrected chi connectivity index (χ3v) is 4.86. The smallest absolute Gasteiger partial charge is 0.310 e. The molecule has 4 aromatic rings. The lowest BCUT2D eigenvalue weighted by molar-refractivity contribution is -0.146. The average Bonchev–Trinajstić information content (AvgIpc) is 3.15. The molecule has 1 heterocycles. The summed E-state index contributed by atoms with van der Waals surface area (Å²) >= 11 is 0. The minimum Gasteiger partial charge on any atom is -0.496 e. The number of esters is 1. The van der Waals surface area contributed by atoms with Gasteiger partial charge in [-0.2, -0.15) is 0 Å².